The van der Waals surface area contributed by atoms with Crippen LogP contribution in [0.25, 0.3) is 39.4 Å². The summed E-state index contributed by atoms with van der Waals surface area (Å²) < 4.78 is 12.7. The maximum absolute atomic E-state index is 12.2. The van der Waals surface area contributed by atoms with Gasteiger partial charge < -0.3 is 9.26 Å². The molecular weight excluding hydrogens is 428 g/mol. The molecule has 0 atom stereocenters. The van der Waals surface area contributed by atoms with E-state index in [1.54, 1.807) is 12.1 Å². The summed E-state index contributed by atoms with van der Waals surface area (Å²) >= 11 is 0. The van der Waals surface area contributed by atoms with E-state index >= 15 is 0 Å². The Morgan fingerprint density at radius 2 is 1.94 bits per heavy atom. The van der Waals surface area contributed by atoms with Gasteiger partial charge in [-0.1, -0.05) is 42.4 Å². The molecule has 0 saturated heterocycles. The van der Waals surface area contributed by atoms with Crippen LogP contribution in [0.4, 0.5) is 0 Å². The Morgan fingerprint density at radius 3 is 2.76 bits per heavy atom. The third-order valence-electron chi connectivity index (χ3n) is 5.80. The Morgan fingerprint density at radius 1 is 1.09 bits per heavy atom. The minimum Gasteiger partial charge on any atom is -0.465 e. The predicted molar refractivity (Wildman–Crippen MR) is 130 cm³/mol. The second kappa shape index (κ2) is 8.94. The normalized spacial score (nSPS) is 11.1. The number of carbonyl (C=O) groups excluding carboxylic acids is 1. The molecule has 0 aliphatic heterocycles. The van der Waals surface area contributed by atoms with Crippen molar-refractivity contribution in [3.8, 4) is 28.3 Å². The van der Waals surface area contributed by atoms with E-state index in [1.807, 2.05) is 54.7 Å². The van der Waals surface area contributed by atoms with Crippen molar-refractivity contribution in [2.24, 2.45) is 0 Å². The molecule has 34 heavy (non-hydrogen) atoms. The lowest BCUT2D eigenvalue weighted by molar-refractivity contribution is 0.0601. The number of aromatic nitrogens is 4. The van der Waals surface area contributed by atoms with E-state index in [1.165, 1.54) is 7.11 Å². The van der Waals surface area contributed by atoms with Gasteiger partial charge in [0.15, 0.2) is 11.4 Å². The number of benzene rings is 2. The lowest BCUT2D eigenvalue weighted by atomic mass is 10.0. The zero-order valence-electron chi connectivity index (χ0n) is 19.3. The molecule has 7 heteroatoms. The maximum Gasteiger partial charge on any atom is 0.338 e. The quantitative estimate of drug-likeness (QED) is 0.303. The van der Waals surface area contributed by atoms with Crippen molar-refractivity contribution < 1.29 is 14.1 Å². The van der Waals surface area contributed by atoms with E-state index in [0.29, 0.717) is 22.6 Å². The van der Waals surface area contributed by atoms with Gasteiger partial charge in [-0.2, -0.15) is 0 Å². The highest BCUT2D eigenvalue weighted by atomic mass is 16.5. The maximum atomic E-state index is 12.2. The van der Waals surface area contributed by atoms with Gasteiger partial charge in [0.2, 0.25) is 0 Å². The second-order valence-electron chi connectivity index (χ2n) is 8.08. The number of imidazole rings is 1. The summed E-state index contributed by atoms with van der Waals surface area (Å²) in [6.07, 6.45) is 3.64. The molecule has 170 valence electrons. The predicted octanol–water partition coefficient (Wildman–Crippen LogP) is 5.79. The zero-order chi connectivity index (χ0) is 23.7. The molecule has 0 N–H and O–H groups in total. The molecule has 0 spiro atoms. The first-order valence-corrected chi connectivity index (χ1v) is 11.2. The molecule has 2 aromatic carbocycles. The van der Waals surface area contributed by atoms with Crippen molar-refractivity contribution in [2.75, 3.05) is 7.11 Å². The van der Waals surface area contributed by atoms with Crippen LogP contribution >= 0.6 is 0 Å². The number of hydrogen-bond donors (Lipinski definition) is 0. The number of pyridine rings is 1. The van der Waals surface area contributed by atoms with E-state index in [0.717, 1.165) is 46.6 Å². The van der Waals surface area contributed by atoms with Gasteiger partial charge in [-0.3, -0.25) is 4.57 Å². The van der Waals surface area contributed by atoms with Crippen LogP contribution < -0.4 is 0 Å². The van der Waals surface area contributed by atoms with E-state index in [4.69, 9.17) is 14.2 Å². The summed E-state index contributed by atoms with van der Waals surface area (Å²) in [5.41, 5.74) is 6.34. The highest BCUT2D eigenvalue weighted by molar-refractivity contribution is 5.96. The van der Waals surface area contributed by atoms with Crippen LogP contribution in [0, 0.1) is 6.92 Å². The molecule has 0 bridgehead atoms. The largest absolute Gasteiger partial charge is 0.465 e. The third-order valence-corrected chi connectivity index (χ3v) is 5.80. The smallest absolute Gasteiger partial charge is 0.338 e. The van der Waals surface area contributed by atoms with Crippen LogP contribution in [0.1, 0.15) is 35.1 Å². The van der Waals surface area contributed by atoms with Crippen molar-refractivity contribution >= 4 is 17.1 Å². The van der Waals surface area contributed by atoms with Crippen LogP contribution in [0.2, 0.25) is 0 Å². The first kappa shape index (κ1) is 21.6. The summed E-state index contributed by atoms with van der Waals surface area (Å²) in [4.78, 5) is 21.7. The molecule has 0 amide bonds. The summed E-state index contributed by atoms with van der Waals surface area (Å²) in [6, 6.07) is 19.0. The Labute approximate surface area is 197 Å². The van der Waals surface area contributed by atoms with Crippen molar-refractivity contribution in [3.63, 3.8) is 0 Å². The first-order chi connectivity index (χ1) is 16.6. The minimum absolute atomic E-state index is 0.416. The molecule has 0 unspecified atom stereocenters. The number of aryl methyl sites for hydroxylation is 2. The number of rotatable bonds is 6. The minimum atomic E-state index is -0.416. The number of ether oxygens (including phenoxy) is 1. The fourth-order valence-corrected chi connectivity index (χ4v) is 4.13. The van der Waals surface area contributed by atoms with E-state index < -0.39 is 5.97 Å². The number of nitrogens with zero attached hydrogens (tertiary/aromatic N) is 4. The molecule has 0 saturated carbocycles. The first-order valence-electron chi connectivity index (χ1n) is 11.2. The summed E-state index contributed by atoms with van der Waals surface area (Å²) in [6.45, 7) is 4.19. The molecular formula is C27H24N4O3. The van der Waals surface area contributed by atoms with Crippen LogP contribution in [-0.2, 0) is 11.2 Å². The van der Waals surface area contributed by atoms with E-state index in [2.05, 4.69) is 28.6 Å². The van der Waals surface area contributed by atoms with Gasteiger partial charge in [-0.15, -0.1) is 0 Å². The number of carbonyl (C=O) groups is 1. The van der Waals surface area contributed by atoms with Gasteiger partial charge in [0, 0.05) is 35.5 Å². The average Bonchev–Trinajstić information content (AvgIpc) is 3.50. The number of methoxy groups -OCH3 is 1. The highest BCUT2D eigenvalue weighted by Crippen LogP contribution is 2.31. The SMILES string of the molecule is CCCc1nc2c(C)ccnc2n1-c1cccc(-c2cc(-c3ccccc3C(=O)OC)no2)c1. The van der Waals surface area contributed by atoms with Crippen molar-refractivity contribution in [1.29, 1.82) is 0 Å². The van der Waals surface area contributed by atoms with Gasteiger partial charge >= 0.3 is 5.97 Å². The van der Waals surface area contributed by atoms with Crippen LogP contribution in [0.3, 0.4) is 0 Å². The number of fused-ring (bicyclic) bond motifs is 1. The molecule has 0 radical (unpaired) electrons. The Kier molecular flexibility index (Phi) is 5.67. The van der Waals surface area contributed by atoms with Crippen LogP contribution in [-0.4, -0.2) is 32.8 Å². The van der Waals surface area contributed by atoms with Crippen molar-refractivity contribution in [3.05, 3.63) is 83.8 Å². The monoisotopic (exact) mass is 452 g/mol. The fraction of sp³-hybridized carbons (Fsp3) is 0.185. The van der Waals surface area contributed by atoms with Gasteiger partial charge in [-0.25, -0.2) is 14.8 Å². The summed E-state index contributed by atoms with van der Waals surface area (Å²) in [5.74, 6) is 1.16. The van der Waals surface area contributed by atoms with E-state index in [9.17, 15) is 4.79 Å². The molecule has 0 aliphatic carbocycles. The molecule has 3 heterocycles. The summed E-state index contributed by atoms with van der Waals surface area (Å²) in [5, 5.41) is 4.23. The molecule has 5 rings (SSSR count). The van der Waals surface area contributed by atoms with Gasteiger partial charge in [0.25, 0.3) is 0 Å². The van der Waals surface area contributed by atoms with Crippen molar-refractivity contribution in [2.45, 2.75) is 26.7 Å². The fourth-order valence-electron chi connectivity index (χ4n) is 4.13. The lowest BCUT2D eigenvalue weighted by Crippen LogP contribution is -2.03. The molecule has 0 aliphatic rings. The molecule has 0 fully saturated rings. The third kappa shape index (κ3) is 3.75. The Hall–Kier alpha value is -4.26. The lowest BCUT2D eigenvalue weighted by Gasteiger charge is -2.09. The van der Waals surface area contributed by atoms with Crippen LogP contribution in [0.15, 0.2) is 71.4 Å². The Bertz CT molecular complexity index is 1500. The topological polar surface area (TPSA) is 83.0 Å². The highest BCUT2D eigenvalue weighted by Gasteiger charge is 2.18. The molecule has 7 nitrogen and oxygen atoms in total. The second-order valence-corrected chi connectivity index (χ2v) is 8.08. The zero-order valence-corrected chi connectivity index (χ0v) is 19.3. The average molecular weight is 453 g/mol. The molecule has 3 aromatic heterocycles. The standard InChI is InChI=1S/C27H24N4O3/c1-4-8-24-29-25-17(2)13-14-28-26(25)31(24)19-10-7-9-18(15-19)23-16-22(30-34-23)20-11-5-6-12-21(20)27(32)33-3/h5-7,9-16H,4,8H2,1-3H3. The van der Waals surface area contributed by atoms with Crippen LogP contribution in [0.5, 0.6) is 0 Å². The summed E-state index contributed by atoms with van der Waals surface area (Å²) in [7, 11) is 1.36. The van der Waals surface area contributed by atoms with Gasteiger partial charge in [0.05, 0.1) is 12.7 Å². The van der Waals surface area contributed by atoms with Gasteiger partial charge in [0.1, 0.15) is 17.0 Å². The Balaban J connectivity index is 1.58. The van der Waals surface area contributed by atoms with Crippen molar-refractivity contribution in [1.82, 2.24) is 19.7 Å². The number of esters is 1. The number of hydrogen-bond acceptors (Lipinski definition) is 6. The van der Waals surface area contributed by atoms with Gasteiger partial charge in [-0.05, 0) is 43.2 Å². The molecule has 5 aromatic rings. The van der Waals surface area contributed by atoms with E-state index in [-0.39, 0.29) is 0 Å².